The highest BCUT2D eigenvalue weighted by Gasteiger charge is 2.33. The topological polar surface area (TPSA) is 66.9 Å². The first kappa shape index (κ1) is 18.7. The molecule has 0 aliphatic carbocycles. The number of carbonyl (C=O) groups excluding carboxylic acids is 1. The van der Waals surface area contributed by atoms with Crippen LogP contribution >= 0.6 is 11.6 Å². The number of anilines is 2. The minimum Gasteiger partial charge on any atom is -0.351 e. The Morgan fingerprint density at radius 3 is 2.68 bits per heavy atom. The molecule has 0 unspecified atom stereocenters. The van der Waals surface area contributed by atoms with Crippen molar-refractivity contribution in [1.82, 2.24) is 9.97 Å². The Hall–Kier alpha value is -2.61. The maximum absolute atomic E-state index is 12.9. The standard InChI is InChI=1S/C16H14ClF3N4O/c1-3-6-21-15-22-9(2)7-13(24-15)14(25)23-10-4-5-12(17)11(8-10)16(18,19)20/h3-5,7-8H,1,6H2,2H3,(H,23,25)(H,21,22,24). The van der Waals surface area contributed by atoms with Crippen molar-refractivity contribution in [3.63, 3.8) is 0 Å². The Bertz CT molecular complexity index is 808. The van der Waals surface area contributed by atoms with Crippen molar-refractivity contribution >= 4 is 29.1 Å². The van der Waals surface area contributed by atoms with E-state index in [1.807, 2.05) is 0 Å². The first-order valence-corrected chi connectivity index (χ1v) is 7.47. The van der Waals surface area contributed by atoms with Gasteiger partial charge in [0.2, 0.25) is 5.95 Å². The van der Waals surface area contributed by atoms with Gasteiger partial charge in [0, 0.05) is 17.9 Å². The summed E-state index contributed by atoms with van der Waals surface area (Å²) < 4.78 is 38.6. The van der Waals surface area contributed by atoms with Crippen molar-refractivity contribution in [1.29, 1.82) is 0 Å². The van der Waals surface area contributed by atoms with E-state index in [9.17, 15) is 18.0 Å². The highest BCUT2D eigenvalue weighted by Crippen LogP contribution is 2.36. The van der Waals surface area contributed by atoms with E-state index in [-0.39, 0.29) is 17.3 Å². The number of amides is 1. The summed E-state index contributed by atoms with van der Waals surface area (Å²) in [6.07, 6.45) is -3.02. The van der Waals surface area contributed by atoms with Crippen LogP contribution in [0.4, 0.5) is 24.8 Å². The third-order valence-electron chi connectivity index (χ3n) is 3.02. The Morgan fingerprint density at radius 1 is 1.32 bits per heavy atom. The van der Waals surface area contributed by atoms with E-state index in [0.29, 0.717) is 12.2 Å². The molecule has 1 aromatic carbocycles. The Balaban J connectivity index is 2.25. The minimum atomic E-state index is -4.62. The van der Waals surface area contributed by atoms with Gasteiger partial charge >= 0.3 is 6.18 Å². The van der Waals surface area contributed by atoms with Gasteiger partial charge < -0.3 is 10.6 Å². The molecular formula is C16H14ClF3N4O. The lowest BCUT2D eigenvalue weighted by atomic mass is 10.2. The van der Waals surface area contributed by atoms with Gasteiger partial charge in [-0.05, 0) is 31.2 Å². The molecule has 1 aromatic heterocycles. The molecular weight excluding hydrogens is 357 g/mol. The van der Waals surface area contributed by atoms with Crippen molar-refractivity contribution in [3.8, 4) is 0 Å². The monoisotopic (exact) mass is 370 g/mol. The number of alkyl halides is 3. The molecule has 0 saturated carbocycles. The van der Waals surface area contributed by atoms with Crippen molar-refractivity contribution in [2.75, 3.05) is 17.2 Å². The molecule has 0 atom stereocenters. The zero-order valence-corrected chi connectivity index (χ0v) is 13.9. The summed E-state index contributed by atoms with van der Waals surface area (Å²) >= 11 is 5.55. The summed E-state index contributed by atoms with van der Waals surface area (Å²) in [6.45, 7) is 5.61. The third kappa shape index (κ3) is 4.93. The first-order chi connectivity index (χ1) is 11.7. The van der Waals surface area contributed by atoms with Crippen molar-refractivity contribution in [2.45, 2.75) is 13.1 Å². The number of nitrogens with one attached hydrogen (secondary N) is 2. The normalized spacial score (nSPS) is 11.1. The molecule has 5 nitrogen and oxygen atoms in total. The number of aryl methyl sites for hydroxylation is 1. The fourth-order valence-electron chi connectivity index (χ4n) is 1.94. The number of rotatable bonds is 5. The summed E-state index contributed by atoms with van der Waals surface area (Å²) in [4.78, 5) is 20.4. The average molecular weight is 371 g/mol. The Kier molecular flexibility index (Phi) is 5.63. The molecule has 0 bridgehead atoms. The smallest absolute Gasteiger partial charge is 0.351 e. The van der Waals surface area contributed by atoms with Gasteiger partial charge in [-0.3, -0.25) is 4.79 Å². The van der Waals surface area contributed by atoms with E-state index in [1.54, 1.807) is 13.0 Å². The van der Waals surface area contributed by atoms with E-state index in [0.717, 1.165) is 12.1 Å². The van der Waals surface area contributed by atoms with Gasteiger partial charge in [0.05, 0.1) is 10.6 Å². The fourth-order valence-corrected chi connectivity index (χ4v) is 2.17. The van der Waals surface area contributed by atoms with Crippen LogP contribution in [0.2, 0.25) is 5.02 Å². The summed E-state index contributed by atoms with van der Waals surface area (Å²) in [7, 11) is 0. The molecule has 2 N–H and O–H groups in total. The zero-order valence-electron chi connectivity index (χ0n) is 13.1. The molecule has 132 valence electrons. The number of hydrogen-bond donors (Lipinski definition) is 2. The number of aromatic nitrogens is 2. The van der Waals surface area contributed by atoms with E-state index < -0.39 is 22.7 Å². The summed E-state index contributed by atoms with van der Waals surface area (Å²) in [6, 6.07) is 4.54. The molecule has 1 heterocycles. The molecule has 0 fully saturated rings. The van der Waals surface area contributed by atoms with Crippen LogP contribution in [-0.4, -0.2) is 22.4 Å². The maximum atomic E-state index is 12.9. The van der Waals surface area contributed by atoms with E-state index in [4.69, 9.17) is 11.6 Å². The van der Waals surface area contributed by atoms with Crippen molar-refractivity contribution < 1.29 is 18.0 Å². The van der Waals surface area contributed by atoms with Crippen LogP contribution in [0, 0.1) is 6.92 Å². The van der Waals surface area contributed by atoms with Gasteiger partial charge in [-0.2, -0.15) is 13.2 Å². The SMILES string of the molecule is C=CCNc1nc(C)cc(C(=O)Nc2ccc(Cl)c(C(F)(F)F)c2)n1. The summed E-state index contributed by atoms with van der Waals surface area (Å²) in [5.41, 5.74) is -0.529. The number of halogens is 4. The second kappa shape index (κ2) is 7.52. The maximum Gasteiger partial charge on any atom is 0.417 e. The molecule has 0 aliphatic rings. The van der Waals surface area contributed by atoms with Crippen LogP contribution in [0.15, 0.2) is 36.9 Å². The van der Waals surface area contributed by atoms with Crippen LogP contribution in [0.1, 0.15) is 21.7 Å². The Labute approximate surface area is 146 Å². The number of hydrogen-bond acceptors (Lipinski definition) is 4. The van der Waals surface area contributed by atoms with Crippen molar-refractivity contribution in [3.05, 3.63) is 58.9 Å². The highest BCUT2D eigenvalue weighted by molar-refractivity contribution is 6.31. The fraction of sp³-hybridized carbons (Fsp3) is 0.188. The summed E-state index contributed by atoms with van der Waals surface area (Å²) in [5.74, 6) is -0.445. The van der Waals surface area contributed by atoms with Gasteiger partial charge in [0.1, 0.15) is 5.69 Å². The molecule has 25 heavy (non-hydrogen) atoms. The molecule has 1 amide bonds. The van der Waals surface area contributed by atoms with Gasteiger partial charge in [-0.1, -0.05) is 17.7 Å². The lowest BCUT2D eigenvalue weighted by Gasteiger charge is -2.12. The molecule has 0 radical (unpaired) electrons. The van der Waals surface area contributed by atoms with Crippen LogP contribution in [0.3, 0.4) is 0 Å². The minimum absolute atomic E-state index is 0.0163. The third-order valence-corrected chi connectivity index (χ3v) is 3.35. The number of carbonyl (C=O) groups is 1. The number of nitrogens with zero attached hydrogens (tertiary/aromatic N) is 2. The second-order valence-electron chi connectivity index (χ2n) is 5.03. The summed E-state index contributed by atoms with van der Waals surface area (Å²) in [5, 5.41) is 4.77. The average Bonchev–Trinajstić information content (AvgIpc) is 2.53. The quantitative estimate of drug-likeness (QED) is 0.770. The van der Waals surface area contributed by atoms with Gasteiger partial charge in [-0.15, -0.1) is 6.58 Å². The molecule has 0 spiro atoms. The highest BCUT2D eigenvalue weighted by atomic mass is 35.5. The molecule has 2 aromatic rings. The van der Waals surface area contributed by atoms with E-state index in [1.165, 1.54) is 12.1 Å². The van der Waals surface area contributed by atoms with Crippen molar-refractivity contribution in [2.24, 2.45) is 0 Å². The lowest BCUT2D eigenvalue weighted by molar-refractivity contribution is -0.137. The lowest BCUT2D eigenvalue weighted by Crippen LogP contribution is -2.17. The molecule has 2 rings (SSSR count). The molecule has 0 aliphatic heterocycles. The van der Waals surface area contributed by atoms with Gasteiger partial charge in [0.15, 0.2) is 0 Å². The van der Waals surface area contributed by atoms with Gasteiger partial charge in [-0.25, -0.2) is 9.97 Å². The van der Waals surface area contributed by atoms with E-state index in [2.05, 4.69) is 27.2 Å². The van der Waals surface area contributed by atoms with Crippen LogP contribution < -0.4 is 10.6 Å². The largest absolute Gasteiger partial charge is 0.417 e. The molecule has 0 saturated heterocycles. The van der Waals surface area contributed by atoms with Crippen LogP contribution in [0.25, 0.3) is 0 Å². The zero-order chi connectivity index (χ0) is 18.6. The molecule has 9 heteroatoms. The number of benzene rings is 1. The van der Waals surface area contributed by atoms with Gasteiger partial charge in [0.25, 0.3) is 5.91 Å². The predicted molar refractivity (Wildman–Crippen MR) is 89.9 cm³/mol. The predicted octanol–water partition coefficient (Wildman–Crippen LogP) is 4.31. The van der Waals surface area contributed by atoms with Crippen LogP contribution in [0.5, 0.6) is 0 Å². The Morgan fingerprint density at radius 2 is 2.04 bits per heavy atom. The van der Waals surface area contributed by atoms with E-state index >= 15 is 0 Å². The van der Waals surface area contributed by atoms with Crippen LogP contribution in [-0.2, 0) is 6.18 Å². The first-order valence-electron chi connectivity index (χ1n) is 7.09. The second-order valence-corrected chi connectivity index (χ2v) is 5.44.